The summed E-state index contributed by atoms with van der Waals surface area (Å²) in [6.45, 7) is 4.01. The minimum Gasteiger partial charge on any atom is -0.429 e. The van der Waals surface area contributed by atoms with Crippen LogP contribution in [0.5, 0.6) is 5.75 Å². The van der Waals surface area contributed by atoms with Gasteiger partial charge in [-0.05, 0) is 86.3 Å². The molecule has 2 aromatic rings. The number of allylic oxidation sites excluding steroid dienone is 2. The van der Waals surface area contributed by atoms with Gasteiger partial charge in [0.25, 0.3) is 0 Å². The second-order valence-electron chi connectivity index (χ2n) is 7.85. The van der Waals surface area contributed by atoms with E-state index in [0.29, 0.717) is 29.5 Å². The molecule has 0 saturated heterocycles. The third kappa shape index (κ3) is 4.89. The van der Waals surface area contributed by atoms with Crippen molar-refractivity contribution in [3.05, 3.63) is 53.9 Å². The van der Waals surface area contributed by atoms with E-state index >= 15 is 0 Å². The zero-order chi connectivity index (χ0) is 20.1. The van der Waals surface area contributed by atoms with Crippen molar-refractivity contribution in [2.24, 2.45) is 11.8 Å². The Balaban J connectivity index is 1.67. The number of alkyl halides is 2. The van der Waals surface area contributed by atoms with Crippen LogP contribution >= 0.6 is 0 Å². The molecule has 28 heavy (non-hydrogen) atoms. The largest absolute Gasteiger partial charge is 0.429 e. The first-order valence-electron chi connectivity index (χ1n) is 10.3. The summed E-state index contributed by atoms with van der Waals surface area (Å²) in [5.41, 5.74) is 1.08. The Morgan fingerprint density at radius 3 is 2.50 bits per heavy atom. The van der Waals surface area contributed by atoms with Gasteiger partial charge in [-0.25, -0.2) is 4.39 Å². The van der Waals surface area contributed by atoms with E-state index in [0.717, 1.165) is 37.7 Å². The van der Waals surface area contributed by atoms with E-state index < -0.39 is 17.8 Å². The standard InChI is InChI=1S/C24H29F3O/c1-3-5-6-7-18-9-12-21(13-10-18)24(26,27)28-23-16-19-11-8-17(4-2)14-20(19)15-22(23)25/h3,5,8,11,14-16,18,21H,4,6-7,9-10,12-13H2,1-2H3/b5-3+. The average Bonchev–Trinajstić information content (AvgIpc) is 2.68. The topological polar surface area (TPSA) is 9.23 Å². The van der Waals surface area contributed by atoms with Crippen LogP contribution in [0.2, 0.25) is 0 Å². The van der Waals surface area contributed by atoms with E-state index in [2.05, 4.69) is 6.08 Å². The number of halogens is 3. The number of fused-ring (bicyclic) bond motifs is 1. The highest BCUT2D eigenvalue weighted by molar-refractivity contribution is 5.84. The summed E-state index contributed by atoms with van der Waals surface area (Å²) < 4.78 is 48.8. The Morgan fingerprint density at radius 2 is 1.82 bits per heavy atom. The van der Waals surface area contributed by atoms with Crippen LogP contribution in [-0.4, -0.2) is 6.11 Å². The van der Waals surface area contributed by atoms with E-state index in [9.17, 15) is 13.2 Å². The van der Waals surface area contributed by atoms with Gasteiger partial charge in [0.15, 0.2) is 11.6 Å². The van der Waals surface area contributed by atoms with E-state index in [1.165, 1.54) is 12.1 Å². The minimum atomic E-state index is -3.35. The van der Waals surface area contributed by atoms with E-state index in [-0.39, 0.29) is 5.75 Å². The summed E-state index contributed by atoms with van der Waals surface area (Å²) >= 11 is 0. The fraction of sp³-hybridized carbons (Fsp3) is 0.500. The Kier molecular flexibility index (Phi) is 6.69. The van der Waals surface area contributed by atoms with Gasteiger partial charge in [-0.1, -0.05) is 37.3 Å². The lowest BCUT2D eigenvalue weighted by Crippen LogP contribution is -2.37. The van der Waals surface area contributed by atoms with Gasteiger partial charge in [0.2, 0.25) is 0 Å². The maximum absolute atomic E-state index is 14.7. The molecule has 1 fully saturated rings. The van der Waals surface area contributed by atoms with Crippen LogP contribution in [0.3, 0.4) is 0 Å². The Morgan fingerprint density at radius 1 is 1.07 bits per heavy atom. The van der Waals surface area contributed by atoms with Crippen molar-refractivity contribution < 1.29 is 17.9 Å². The normalized spacial score (nSPS) is 20.8. The molecule has 2 aromatic carbocycles. The lowest BCUT2D eigenvalue weighted by molar-refractivity contribution is -0.224. The van der Waals surface area contributed by atoms with Crippen molar-refractivity contribution in [3.63, 3.8) is 0 Å². The molecule has 0 atom stereocenters. The summed E-state index contributed by atoms with van der Waals surface area (Å²) in [5.74, 6) is -1.46. The van der Waals surface area contributed by atoms with E-state index in [1.54, 1.807) is 0 Å². The van der Waals surface area contributed by atoms with Gasteiger partial charge in [0.05, 0.1) is 5.92 Å². The van der Waals surface area contributed by atoms with Gasteiger partial charge in [0.1, 0.15) is 0 Å². The highest BCUT2D eigenvalue weighted by Gasteiger charge is 2.44. The molecule has 0 unspecified atom stereocenters. The van der Waals surface area contributed by atoms with Crippen LogP contribution in [0.25, 0.3) is 10.8 Å². The summed E-state index contributed by atoms with van der Waals surface area (Å²) in [7, 11) is 0. The van der Waals surface area contributed by atoms with Crippen molar-refractivity contribution in [3.8, 4) is 5.75 Å². The highest BCUT2D eigenvalue weighted by Crippen LogP contribution is 2.42. The van der Waals surface area contributed by atoms with Crippen molar-refractivity contribution in [2.75, 3.05) is 0 Å². The minimum absolute atomic E-state index is 0.364. The SMILES string of the molecule is C/C=C/CCC1CCC(C(F)(F)Oc2cc3ccc(CC)cc3cc2F)CC1. The average molecular weight is 390 g/mol. The molecule has 4 heteroatoms. The van der Waals surface area contributed by atoms with E-state index in [4.69, 9.17) is 4.74 Å². The number of hydrogen-bond donors (Lipinski definition) is 0. The highest BCUT2D eigenvalue weighted by atomic mass is 19.3. The molecular formula is C24H29F3O. The molecule has 152 valence electrons. The Bertz CT molecular complexity index is 820. The smallest absolute Gasteiger partial charge is 0.400 e. The summed E-state index contributed by atoms with van der Waals surface area (Å²) in [4.78, 5) is 0. The Labute approximate surface area is 165 Å². The third-order valence-electron chi connectivity index (χ3n) is 5.91. The number of benzene rings is 2. The molecule has 1 aliphatic rings. The fourth-order valence-corrected chi connectivity index (χ4v) is 4.11. The zero-order valence-corrected chi connectivity index (χ0v) is 16.7. The van der Waals surface area contributed by atoms with Gasteiger partial charge >= 0.3 is 6.11 Å². The maximum atomic E-state index is 14.7. The van der Waals surface area contributed by atoms with Crippen LogP contribution in [0.1, 0.15) is 57.9 Å². The molecule has 1 nitrogen and oxygen atoms in total. The summed E-state index contributed by atoms with van der Waals surface area (Å²) in [6, 6.07) is 8.32. The molecule has 0 N–H and O–H groups in total. The van der Waals surface area contributed by atoms with Crippen LogP contribution in [0.4, 0.5) is 13.2 Å². The maximum Gasteiger partial charge on any atom is 0.400 e. The van der Waals surface area contributed by atoms with Crippen LogP contribution in [-0.2, 0) is 6.42 Å². The molecule has 0 heterocycles. The molecular weight excluding hydrogens is 361 g/mol. The van der Waals surface area contributed by atoms with Crippen LogP contribution in [0, 0.1) is 17.7 Å². The molecule has 3 rings (SSSR count). The first kappa shape index (κ1) is 20.8. The summed E-state index contributed by atoms with van der Waals surface area (Å²) in [5, 5.41) is 1.41. The van der Waals surface area contributed by atoms with Gasteiger partial charge in [-0.3, -0.25) is 0 Å². The van der Waals surface area contributed by atoms with Gasteiger partial charge in [0, 0.05) is 0 Å². The lowest BCUT2D eigenvalue weighted by atomic mass is 9.79. The van der Waals surface area contributed by atoms with Gasteiger partial charge in [-0.15, -0.1) is 0 Å². The summed E-state index contributed by atoms with van der Waals surface area (Å²) in [6.07, 6.45) is 6.07. The van der Waals surface area contributed by atoms with Crippen LogP contribution in [0.15, 0.2) is 42.5 Å². The fourth-order valence-electron chi connectivity index (χ4n) is 4.11. The van der Waals surface area contributed by atoms with Crippen LogP contribution < -0.4 is 4.74 Å². The molecule has 0 spiro atoms. The molecule has 0 aromatic heterocycles. The monoisotopic (exact) mass is 390 g/mol. The molecule has 1 aliphatic carbocycles. The van der Waals surface area contributed by atoms with Gasteiger partial charge < -0.3 is 4.74 Å². The Hall–Kier alpha value is -1.97. The predicted octanol–water partition coefficient (Wildman–Crippen LogP) is 7.68. The van der Waals surface area contributed by atoms with Crippen molar-refractivity contribution in [1.29, 1.82) is 0 Å². The second-order valence-corrected chi connectivity index (χ2v) is 7.85. The molecule has 0 bridgehead atoms. The first-order chi connectivity index (χ1) is 13.4. The predicted molar refractivity (Wildman–Crippen MR) is 108 cm³/mol. The first-order valence-corrected chi connectivity index (χ1v) is 10.3. The quantitative estimate of drug-likeness (QED) is 0.441. The molecule has 1 saturated carbocycles. The third-order valence-corrected chi connectivity index (χ3v) is 5.91. The second kappa shape index (κ2) is 9.02. The molecule has 0 amide bonds. The zero-order valence-electron chi connectivity index (χ0n) is 16.7. The number of aryl methyl sites for hydroxylation is 1. The number of ether oxygens (including phenoxy) is 1. The van der Waals surface area contributed by atoms with Crippen molar-refractivity contribution in [1.82, 2.24) is 0 Å². The van der Waals surface area contributed by atoms with E-state index in [1.807, 2.05) is 38.1 Å². The lowest BCUT2D eigenvalue weighted by Gasteiger charge is -2.33. The molecule has 0 radical (unpaired) electrons. The number of rotatable bonds is 7. The van der Waals surface area contributed by atoms with Crippen molar-refractivity contribution in [2.45, 2.75) is 64.9 Å². The van der Waals surface area contributed by atoms with Gasteiger partial charge in [-0.2, -0.15) is 8.78 Å². The number of hydrogen-bond acceptors (Lipinski definition) is 1. The molecule has 0 aliphatic heterocycles. The van der Waals surface area contributed by atoms with Crippen molar-refractivity contribution >= 4 is 10.8 Å².